The topological polar surface area (TPSA) is 0 Å². The Morgan fingerprint density at radius 3 is 1.10 bits per heavy atom. The highest BCUT2D eigenvalue weighted by molar-refractivity contribution is 6.41. The van der Waals surface area contributed by atoms with E-state index in [-0.39, 0.29) is 16.2 Å². The molecule has 0 aromatic heterocycles. The van der Waals surface area contributed by atoms with E-state index in [0.717, 1.165) is 16.5 Å². The summed E-state index contributed by atoms with van der Waals surface area (Å²) in [4.78, 5) is 0. The summed E-state index contributed by atoms with van der Waals surface area (Å²) in [5.41, 5.74) is 5.16. The largest absolute Gasteiger partial charge is 0.114 e. The first-order valence-electron chi connectivity index (χ1n) is 7.40. The molecule has 0 saturated carbocycles. The van der Waals surface area contributed by atoms with Gasteiger partial charge in [0.1, 0.15) is 15.7 Å². The Morgan fingerprint density at radius 2 is 0.900 bits per heavy atom. The number of rotatable bonds is 0. The van der Waals surface area contributed by atoms with Crippen LogP contribution in [0.25, 0.3) is 0 Å². The van der Waals surface area contributed by atoms with Crippen LogP contribution in [-0.2, 0) is 16.2 Å². The Bertz CT molecular complexity index is 468. The van der Waals surface area contributed by atoms with Gasteiger partial charge in [-0.3, -0.25) is 0 Å². The van der Waals surface area contributed by atoms with Crippen molar-refractivity contribution in [2.75, 3.05) is 0 Å². The first kappa shape index (κ1) is 17.4. The van der Waals surface area contributed by atoms with Crippen LogP contribution < -0.4 is 10.9 Å². The van der Waals surface area contributed by atoms with Crippen LogP contribution in [0.4, 0.5) is 0 Å². The number of benzene rings is 1. The third-order valence-electron chi connectivity index (χ3n) is 3.77. The monoisotopic (exact) mass is 266 g/mol. The maximum atomic E-state index is 6.49. The van der Waals surface area contributed by atoms with Crippen LogP contribution in [0.1, 0.15) is 79.0 Å². The molecule has 0 unspecified atom stereocenters. The van der Waals surface area contributed by atoms with Gasteiger partial charge in [-0.15, -0.1) is 0 Å². The lowest BCUT2D eigenvalue weighted by molar-refractivity contribution is 0.559. The highest BCUT2D eigenvalue weighted by Gasteiger charge is 2.29. The third-order valence-corrected chi connectivity index (χ3v) is 3.77. The molecule has 1 aromatic rings. The average molecular weight is 266 g/mol. The molecule has 0 N–H and O–H groups in total. The zero-order chi connectivity index (χ0) is 16.1. The molecular weight excluding hydrogens is 238 g/mol. The standard InChI is InChI=1S/C18H28B2/c1-16(2,3)11-10-12(17(4,5)6)15(20)13(14(11)19)18(7,8)9/h10H,1-9H3. The summed E-state index contributed by atoms with van der Waals surface area (Å²) in [5, 5.41) is 0. The van der Waals surface area contributed by atoms with Gasteiger partial charge in [-0.25, -0.2) is 0 Å². The van der Waals surface area contributed by atoms with Gasteiger partial charge in [-0.2, -0.15) is 0 Å². The van der Waals surface area contributed by atoms with Crippen molar-refractivity contribution in [3.8, 4) is 0 Å². The molecule has 4 radical (unpaired) electrons. The van der Waals surface area contributed by atoms with E-state index in [1.807, 2.05) is 0 Å². The molecule has 2 heteroatoms. The van der Waals surface area contributed by atoms with Gasteiger partial charge >= 0.3 is 0 Å². The molecule has 0 amide bonds. The van der Waals surface area contributed by atoms with E-state index in [4.69, 9.17) is 15.7 Å². The second-order valence-electron chi connectivity index (χ2n) is 8.92. The maximum Gasteiger partial charge on any atom is 0.114 e. The Morgan fingerprint density at radius 1 is 0.600 bits per heavy atom. The summed E-state index contributed by atoms with van der Waals surface area (Å²) in [7, 11) is 13.0. The van der Waals surface area contributed by atoms with Crippen molar-refractivity contribution >= 4 is 26.6 Å². The molecule has 1 aromatic carbocycles. The predicted molar refractivity (Wildman–Crippen MR) is 93.3 cm³/mol. The van der Waals surface area contributed by atoms with Crippen molar-refractivity contribution < 1.29 is 0 Å². The zero-order valence-corrected chi connectivity index (χ0v) is 14.7. The van der Waals surface area contributed by atoms with Crippen molar-refractivity contribution in [2.24, 2.45) is 0 Å². The van der Waals surface area contributed by atoms with Gasteiger partial charge in [-0.1, -0.05) is 84.9 Å². The predicted octanol–water partition coefficient (Wildman–Crippen LogP) is 3.17. The smallest absolute Gasteiger partial charge is 0.0899 e. The molecule has 0 bridgehead atoms. The van der Waals surface area contributed by atoms with Crippen molar-refractivity contribution in [1.29, 1.82) is 0 Å². The number of hydrogen-bond donors (Lipinski definition) is 0. The minimum atomic E-state index is -0.0601. The molecule has 0 heterocycles. The molecule has 0 atom stereocenters. The fourth-order valence-electron chi connectivity index (χ4n) is 2.76. The second kappa shape index (κ2) is 4.97. The van der Waals surface area contributed by atoms with Crippen LogP contribution in [0.2, 0.25) is 0 Å². The van der Waals surface area contributed by atoms with Crippen LogP contribution in [0, 0.1) is 0 Å². The summed E-state index contributed by atoms with van der Waals surface area (Å²) < 4.78 is 0. The van der Waals surface area contributed by atoms with E-state index in [0.29, 0.717) is 0 Å². The molecule has 20 heavy (non-hydrogen) atoms. The molecule has 0 nitrogen and oxygen atoms in total. The second-order valence-corrected chi connectivity index (χ2v) is 8.92. The summed E-state index contributed by atoms with van der Waals surface area (Å²) in [6.45, 7) is 19.7. The van der Waals surface area contributed by atoms with Crippen LogP contribution in [-0.4, -0.2) is 15.7 Å². The van der Waals surface area contributed by atoms with Crippen LogP contribution in [0.5, 0.6) is 0 Å². The summed E-state index contributed by atoms with van der Waals surface area (Å²) in [6.07, 6.45) is 0. The van der Waals surface area contributed by atoms with E-state index in [2.05, 4.69) is 68.4 Å². The Kier molecular flexibility index (Phi) is 4.32. The normalized spacial score (nSPS) is 13.7. The molecule has 0 aliphatic carbocycles. The van der Waals surface area contributed by atoms with E-state index < -0.39 is 0 Å². The Hall–Kier alpha value is -0.650. The SMILES string of the molecule is [B]c1c(C(C)(C)C)cc(C(C)(C)C)c([B])c1C(C)(C)C. The summed E-state index contributed by atoms with van der Waals surface area (Å²) >= 11 is 0. The van der Waals surface area contributed by atoms with Crippen LogP contribution in [0.3, 0.4) is 0 Å². The van der Waals surface area contributed by atoms with Gasteiger partial charge < -0.3 is 0 Å². The quantitative estimate of drug-likeness (QED) is 0.633. The lowest BCUT2D eigenvalue weighted by atomic mass is 9.62. The van der Waals surface area contributed by atoms with E-state index in [9.17, 15) is 0 Å². The average Bonchev–Trinajstić information content (AvgIpc) is 2.10. The minimum Gasteiger partial charge on any atom is -0.0899 e. The van der Waals surface area contributed by atoms with Crippen molar-refractivity contribution in [2.45, 2.75) is 78.6 Å². The molecule has 106 valence electrons. The fourth-order valence-corrected chi connectivity index (χ4v) is 2.76. The first-order valence-corrected chi connectivity index (χ1v) is 7.40. The first-order chi connectivity index (χ1) is 8.67. The maximum absolute atomic E-state index is 6.49. The lowest BCUT2D eigenvalue weighted by Crippen LogP contribution is -2.41. The molecule has 0 aliphatic rings. The van der Waals surface area contributed by atoms with Crippen LogP contribution >= 0.6 is 0 Å². The van der Waals surface area contributed by atoms with Gasteiger partial charge in [0, 0.05) is 0 Å². The van der Waals surface area contributed by atoms with Gasteiger partial charge in [-0.05, 0) is 27.4 Å². The van der Waals surface area contributed by atoms with Gasteiger partial charge in [0.2, 0.25) is 0 Å². The summed E-state index contributed by atoms with van der Waals surface area (Å²) in [5.74, 6) is 0. The number of hydrogen-bond acceptors (Lipinski definition) is 0. The summed E-state index contributed by atoms with van der Waals surface area (Å²) in [6, 6.07) is 2.21. The third kappa shape index (κ3) is 3.32. The molecule has 0 fully saturated rings. The highest BCUT2D eigenvalue weighted by Crippen LogP contribution is 2.30. The Balaban J connectivity index is 3.86. The lowest BCUT2D eigenvalue weighted by Gasteiger charge is -2.36. The van der Waals surface area contributed by atoms with Gasteiger partial charge in [0.25, 0.3) is 0 Å². The van der Waals surface area contributed by atoms with Gasteiger partial charge in [0.15, 0.2) is 0 Å². The van der Waals surface area contributed by atoms with E-state index >= 15 is 0 Å². The van der Waals surface area contributed by atoms with Crippen LogP contribution in [0.15, 0.2) is 6.07 Å². The van der Waals surface area contributed by atoms with Crippen molar-refractivity contribution in [1.82, 2.24) is 0 Å². The van der Waals surface area contributed by atoms with E-state index in [1.165, 1.54) is 11.1 Å². The molecule has 0 spiro atoms. The highest BCUT2D eigenvalue weighted by atomic mass is 14.3. The van der Waals surface area contributed by atoms with Crippen molar-refractivity contribution in [3.05, 3.63) is 22.8 Å². The molecular formula is C18H28B2. The van der Waals surface area contributed by atoms with E-state index in [1.54, 1.807) is 0 Å². The molecule has 0 aliphatic heterocycles. The molecule has 1 rings (SSSR count). The van der Waals surface area contributed by atoms with Crippen molar-refractivity contribution in [3.63, 3.8) is 0 Å². The molecule has 0 saturated heterocycles. The fraction of sp³-hybridized carbons (Fsp3) is 0.667. The minimum absolute atomic E-state index is 0.0117. The Labute approximate surface area is 128 Å². The zero-order valence-electron chi connectivity index (χ0n) is 14.7. The van der Waals surface area contributed by atoms with Gasteiger partial charge in [0.05, 0.1) is 0 Å².